The zero-order valence-corrected chi connectivity index (χ0v) is 13.9. The van der Waals surface area contributed by atoms with Crippen LogP contribution in [0.2, 0.25) is 10.2 Å². The Morgan fingerprint density at radius 1 is 1.18 bits per heavy atom. The molecule has 0 saturated heterocycles. The van der Waals surface area contributed by atoms with Gasteiger partial charge in [-0.05, 0) is 18.2 Å². The van der Waals surface area contributed by atoms with E-state index in [1.165, 1.54) is 0 Å². The van der Waals surface area contributed by atoms with Gasteiger partial charge < -0.3 is 9.64 Å². The molecule has 0 atom stereocenters. The first-order valence-electron chi connectivity index (χ1n) is 6.57. The lowest BCUT2D eigenvalue weighted by Crippen LogP contribution is -2.10. The Morgan fingerprint density at radius 2 is 1.95 bits per heavy atom. The molecule has 0 aliphatic carbocycles. The van der Waals surface area contributed by atoms with Gasteiger partial charge in [0.15, 0.2) is 5.82 Å². The molecule has 0 unspecified atom stereocenters. The maximum absolute atomic E-state index is 6.13. The van der Waals surface area contributed by atoms with Crippen LogP contribution in [0.1, 0.15) is 0 Å². The Labute approximate surface area is 138 Å². The lowest BCUT2D eigenvalue weighted by molar-refractivity contribution is 0.412. The highest BCUT2D eigenvalue weighted by Crippen LogP contribution is 2.33. The first-order valence-corrected chi connectivity index (χ1v) is 7.32. The minimum Gasteiger partial charge on any atom is -0.494 e. The van der Waals surface area contributed by atoms with Gasteiger partial charge in [0, 0.05) is 31.4 Å². The van der Waals surface area contributed by atoms with Crippen molar-refractivity contribution in [2.75, 3.05) is 26.1 Å². The summed E-state index contributed by atoms with van der Waals surface area (Å²) >= 11 is 12.2. The number of methoxy groups -OCH3 is 1. The summed E-state index contributed by atoms with van der Waals surface area (Å²) in [5.41, 5.74) is 1.58. The van der Waals surface area contributed by atoms with E-state index in [-0.39, 0.29) is 0 Å². The Bertz CT molecular complexity index is 845. The minimum atomic E-state index is 0.403. The van der Waals surface area contributed by atoms with Crippen molar-refractivity contribution < 1.29 is 4.74 Å². The number of benzene rings is 1. The molecule has 114 valence electrons. The molecule has 0 N–H and O–H groups in total. The summed E-state index contributed by atoms with van der Waals surface area (Å²) in [5.74, 6) is 1.47. The van der Waals surface area contributed by atoms with Crippen molar-refractivity contribution in [2.24, 2.45) is 0 Å². The number of nitrogens with zero attached hydrogens (tertiary/aromatic N) is 4. The molecule has 22 heavy (non-hydrogen) atoms. The van der Waals surface area contributed by atoms with Gasteiger partial charge in [0.05, 0.1) is 18.0 Å². The van der Waals surface area contributed by atoms with Crippen molar-refractivity contribution in [3.8, 4) is 11.4 Å². The smallest absolute Gasteiger partial charge is 0.160 e. The van der Waals surface area contributed by atoms with Crippen LogP contribution in [0.4, 0.5) is 5.82 Å². The predicted molar refractivity (Wildman–Crippen MR) is 89.8 cm³/mol. The van der Waals surface area contributed by atoms with Crippen LogP contribution in [-0.2, 0) is 0 Å². The van der Waals surface area contributed by atoms with Crippen LogP contribution in [0.3, 0.4) is 0 Å². The average Bonchev–Trinajstić information content (AvgIpc) is 2.85. The lowest BCUT2D eigenvalue weighted by atomic mass is 10.2. The van der Waals surface area contributed by atoms with Crippen molar-refractivity contribution in [2.45, 2.75) is 0 Å². The molecule has 0 radical (unpaired) electrons. The highest BCUT2D eigenvalue weighted by atomic mass is 35.5. The molecule has 0 aliphatic rings. The minimum absolute atomic E-state index is 0.403. The van der Waals surface area contributed by atoms with Gasteiger partial charge in [-0.15, -0.1) is 5.10 Å². The molecule has 2 aromatic heterocycles. The van der Waals surface area contributed by atoms with E-state index in [9.17, 15) is 0 Å². The number of aromatic nitrogens is 3. The fourth-order valence-electron chi connectivity index (χ4n) is 2.31. The maximum Gasteiger partial charge on any atom is 0.160 e. The van der Waals surface area contributed by atoms with Crippen LogP contribution < -0.4 is 9.64 Å². The molecule has 2 heterocycles. The predicted octanol–water partition coefficient (Wildman–Crippen LogP) is 3.80. The summed E-state index contributed by atoms with van der Waals surface area (Å²) in [6, 6.07) is 7.16. The van der Waals surface area contributed by atoms with E-state index in [1.807, 2.05) is 25.1 Å². The molecule has 7 heteroatoms. The number of fused-ring (bicyclic) bond motifs is 1. The monoisotopic (exact) mass is 336 g/mol. The number of anilines is 1. The molecule has 0 amide bonds. The molecule has 3 aromatic rings. The third-order valence-electron chi connectivity index (χ3n) is 3.31. The molecule has 1 aromatic carbocycles. The Morgan fingerprint density at radius 3 is 2.64 bits per heavy atom. The van der Waals surface area contributed by atoms with Gasteiger partial charge in [-0.25, -0.2) is 9.67 Å². The van der Waals surface area contributed by atoms with Crippen molar-refractivity contribution in [3.63, 3.8) is 0 Å². The fourth-order valence-corrected chi connectivity index (χ4v) is 2.63. The maximum atomic E-state index is 6.13. The molecule has 0 saturated carbocycles. The number of halogens is 2. The SMILES string of the molecule is COc1ccc(Cl)cc1-n1nc(N(C)C)c2cnc(Cl)cc21. The van der Waals surface area contributed by atoms with E-state index < -0.39 is 0 Å². The second kappa shape index (κ2) is 5.66. The average molecular weight is 337 g/mol. The molecule has 0 fully saturated rings. The summed E-state index contributed by atoms with van der Waals surface area (Å²) in [4.78, 5) is 6.07. The number of rotatable bonds is 3. The molecule has 0 bridgehead atoms. The Kier molecular flexibility index (Phi) is 3.85. The van der Waals surface area contributed by atoms with Crippen LogP contribution >= 0.6 is 23.2 Å². The van der Waals surface area contributed by atoms with E-state index in [0.29, 0.717) is 15.9 Å². The van der Waals surface area contributed by atoms with Gasteiger partial charge in [-0.3, -0.25) is 0 Å². The van der Waals surface area contributed by atoms with Crippen LogP contribution in [-0.4, -0.2) is 36.0 Å². The first kappa shape index (κ1) is 14.9. The summed E-state index contributed by atoms with van der Waals surface area (Å²) < 4.78 is 7.19. The second-order valence-electron chi connectivity index (χ2n) is 4.97. The van der Waals surface area contributed by atoms with Crippen molar-refractivity contribution in [1.29, 1.82) is 0 Å². The third kappa shape index (κ3) is 2.46. The molecule has 3 rings (SSSR count). The summed E-state index contributed by atoms with van der Waals surface area (Å²) in [7, 11) is 5.46. The molecular formula is C15H14Cl2N4O. The highest BCUT2D eigenvalue weighted by Gasteiger charge is 2.17. The van der Waals surface area contributed by atoms with E-state index in [2.05, 4.69) is 10.1 Å². The summed E-state index contributed by atoms with van der Waals surface area (Å²) in [6.07, 6.45) is 1.72. The van der Waals surface area contributed by atoms with Crippen LogP contribution in [0.25, 0.3) is 16.6 Å². The van der Waals surface area contributed by atoms with Gasteiger partial charge in [0.2, 0.25) is 0 Å². The van der Waals surface area contributed by atoms with Gasteiger partial charge in [0.25, 0.3) is 0 Å². The molecule has 0 aliphatic heterocycles. The number of hydrogen-bond acceptors (Lipinski definition) is 4. The van der Waals surface area contributed by atoms with E-state index in [1.54, 1.807) is 36.2 Å². The topological polar surface area (TPSA) is 43.2 Å². The van der Waals surface area contributed by atoms with E-state index in [4.69, 9.17) is 27.9 Å². The zero-order chi connectivity index (χ0) is 15.9. The van der Waals surface area contributed by atoms with E-state index >= 15 is 0 Å². The zero-order valence-electron chi connectivity index (χ0n) is 12.3. The van der Waals surface area contributed by atoms with Crippen molar-refractivity contribution in [1.82, 2.24) is 14.8 Å². The largest absolute Gasteiger partial charge is 0.494 e. The molecule has 0 spiro atoms. The highest BCUT2D eigenvalue weighted by molar-refractivity contribution is 6.31. The number of hydrogen-bond donors (Lipinski definition) is 0. The first-order chi connectivity index (χ1) is 10.5. The van der Waals surface area contributed by atoms with Gasteiger partial charge in [-0.1, -0.05) is 23.2 Å². The van der Waals surface area contributed by atoms with Gasteiger partial charge in [0.1, 0.15) is 16.6 Å². The van der Waals surface area contributed by atoms with Crippen molar-refractivity contribution in [3.05, 3.63) is 40.6 Å². The Hall–Kier alpha value is -1.98. The molecular weight excluding hydrogens is 323 g/mol. The standard InChI is InChI=1S/C15H14Cl2N4O/c1-20(2)15-10-8-18-14(17)7-11(10)21(19-15)12-6-9(16)4-5-13(12)22-3/h4-8H,1-3H3. The normalized spacial score (nSPS) is 11.0. The second-order valence-corrected chi connectivity index (χ2v) is 5.79. The summed E-state index contributed by atoms with van der Waals surface area (Å²) in [5, 5.41) is 6.56. The quantitative estimate of drug-likeness (QED) is 0.682. The van der Waals surface area contributed by atoms with E-state index in [0.717, 1.165) is 22.4 Å². The molecule has 5 nitrogen and oxygen atoms in total. The third-order valence-corrected chi connectivity index (χ3v) is 3.75. The van der Waals surface area contributed by atoms with Crippen LogP contribution in [0, 0.1) is 0 Å². The number of pyridine rings is 1. The Balaban J connectivity index is 2.36. The lowest BCUT2D eigenvalue weighted by Gasteiger charge is -2.10. The van der Waals surface area contributed by atoms with Gasteiger partial charge in [-0.2, -0.15) is 0 Å². The summed E-state index contributed by atoms with van der Waals surface area (Å²) in [6.45, 7) is 0. The van der Waals surface area contributed by atoms with Gasteiger partial charge >= 0.3 is 0 Å². The fraction of sp³-hybridized carbons (Fsp3) is 0.200. The van der Waals surface area contributed by atoms with Crippen molar-refractivity contribution >= 4 is 39.9 Å². The van der Waals surface area contributed by atoms with Crippen LogP contribution in [0.5, 0.6) is 5.75 Å². The van der Waals surface area contributed by atoms with Crippen LogP contribution in [0.15, 0.2) is 30.5 Å². The number of ether oxygens (including phenoxy) is 1.